The molecule has 0 radical (unpaired) electrons. The van der Waals surface area contributed by atoms with Crippen LogP contribution in [0.2, 0.25) is 0 Å². The first-order valence-corrected chi connectivity index (χ1v) is 9.02. The molecule has 1 amide bonds. The van der Waals surface area contributed by atoms with Crippen LogP contribution in [0, 0.1) is 0 Å². The lowest BCUT2D eigenvalue weighted by atomic mass is 10.0. The number of carbonyl (C=O) groups is 1. The lowest BCUT2D eigenvalue weighted by molar-refractivity contribution is -0.302. The van der Waals surface area contributed by atoms with E-state index in [0.717, 1.165) is 0 Å². The summed E-state index contributed by atoms with van der Waals surface area (Å²) < 4.78 is 46.5. The maximum Gasteiger partial charge on any atom is 0.438 e. The van der Waals surface area contributed by atoms with E-state index in [2.05, 4.69) is 21.0 Å². The summed E-state index contributed by atoms with van der Waals surface area (Å²) in [6, 6.07) is 12.8. The van der Waals surface area contributed by atoms with Crippen molar-refractivity contribution in [2.45, 2.75) is 24.7 Å². The summed E-state index contributed by atoms with van der Waals surface area (Å²) >= 11 is 3.25. The number of alkyl halides is 3. The second-order valence-corrected chi connectivity index (χ2v) is 7.19. The van der Waals surface area contributed by atoms with Crippen molar-refractivity contribution in [2.75, 3.05) is 7.11 Å². The molecular weight excluding hydrogens is 441 g/mol. The van der Waals surface area contributed by atoms with Crippen molar-refractivity contribution in [1.82, 2.24) is 5.01 Å². The van der Waals surface area contributed by atoms with Crippen LogP contribution in [0.3, 0.4) is 0 Å². The first kappa shape index (κ1) is 20.3. The number of carbonyl (C=O) groups excluding carboxylic acids is 1. The summed E-state index contributed by atoms with van der Waals surface area (Å²) in [5, 5.41) is 14.3. The van der Waals surface area contributed by atoms with Crippen LogP contribution in [0.15, 0.2) is 58.1 Å². The zero-order valence-electron chi connectivity index (χ0n) is 14.7. The van der Waals surface area contributed by atoms with Crippen molar-refractivity contribution in [3.8, 4) is 5.75 Å². The zero-order chi connectivity index (χ0) is 20.5. The number of amides is 1. The largest absolute Gasteiger partial charge is 0.497 e. The highest BCUT2D eigenvalue weighted by molar-refractivity contribution is 9.10. The first-order chi connectivity index (χ1) is 13.1. The Labute approximate surface area is 167 Å². The van der Waals surface area contributed by atoms with E-state index in [0.29, 0.717) is 21.3 Å². The third-order valence-electron chi connectivity index (χ3n) is 4.35. The second kappa shape index (κ2) is 7.56. The summed E-state index contributed by atoms with van der Waals surface area (Å²) in [5.41, 5.74) is -2.56. The molecule has 1 heterocycles. The molecule has 3 rings (SSSR count). The minimum absolute atomic E-state index is 0.0239. The van der Waals surface area contributed by atoms with Gasteiger partial charge in [0, 0.05) is 4.47 Å². The highest BCUT2D eigenvalue weighted by Gasteiger charge is 2.63. The lowest BCUT2D eigenvalue weighted by Crippen LogP contribution is -2.57. The normalized spacial score (nSPS) is 19.5. The topological polar surface area (TPSA) is 62.1 Å². The number of hydrogen-bond acceptors (Lipinski definition) is 4. The predicted octanol–water partition coefficient (Wildman–Crippen LogP) is 3.89. The molecule has 0 saturated carbocycles. The van der Waals surface area contributed by atoms with Crippen molar-refractivity contribution in [1.29, 1.82) is 0 Å². The van der Waals surface area contributed by atoms with E-state index in [-0.39, 0.29) is 17.1 Å². The van der Waals surface area contributed by atoms with Gasteiger partial charge in [0.15, 0.2) is 0 Å². The maximum absolute atomic E-state index is 13.6. The molecule has 28 heavy (non-hydrogen) atoms. The van der Waals surface area contributed by atoms with Gasteiger partial charge in [-0.2, -0.15) is 23.3 Å². The number of halogens is 4. The molecule has 2 aromatic rings. The van der Waals surface area contributed by atoms with Crippen LogP contribution in [-0.2, 0) is 11.2 Å². The molecule has 0 saturated heterocycles. The van der Waals surface area contributed by atoms with Crippen LogP contribution >= 0.6 is 15.9 Å². The third kappa shape index (κ3) is 3.90. The van der Waals surface area contributed by atoms with E-state index in [1.165, 1.54) is 7.11 Å². The van der Waals surface area contributed by atoms with Gasteiger partial charge in [0.1, 0.15) is 5.75 Å². The van der Waals surface area contributed by atoms with Gasteiger partial charge < -0.3 is 9.84 Å². The molecule has 1 N–H and O–H groups in total. The van der Waals surface area contributed by atoms with Gasteiger partial charge in [-0.25, -0.2) is 0 Å². The average Bonchev–Trinajstić information content (AvgIpc) is 3.01. The molecule has 5 nitrogen and oxygen atoms in total. The van der Waals surface area contributed by atoms with E-state index in [9.17, 15) is 23.1 Å². The van der Waals surface area contributed by atoms with Crippen molar-refractivity contribution in [2.24, 2.45) is 5.10 Å². The fourth-order valence-corrected chi connectivity index (χ4v) is 3.25. The molecule has 0 unspecified atom stereocenters. The number of hydrogen-bond donors (Lipinski definition) is 1. The van der Waals surface area contributed by atoms with Gasteiger partial charge >= 0.3 is 6.18 Å². The molecule has 0 bridgehead atoms. The fraction of sp³-hybridized carbons (Fsp3) is 0.263. The quantitative estimate of drug-likeness (QED) is 0.758. The molecule has 0 spiro atoms. The van der Waals surface area contributed by atoms with Crippen LogP contribution in [0.4, 0.5) is 13.2 Å². The molecule has 0 aliphatic carbocycles. The first-order valence-electron chi connectivity index (χ1n) is 8.22. The third-order valence-corrected chi connectivity index (χ3v) is 4.84. The highest BCUT2D eigenvalue weighted by atomic mass is 79.9. The van der Waals surface area contributed by atoms with Crippen LogP contribution in [-0.4, -0.2) is 40.7 Å². The summed E-state index contributed by atoms with van der Waals surface area (Å²) in [6.45, 7) is 0. The van der Waals surface area contributed by atoms with Crippen molar-refractivity contribution in [3.63, 3.8) is 0 Å². The van der Waals surface area contributed by atoms with Crippen LogP contribution in [0.5, 0.6) is 5.75 Å². The Hall–Kier alpha value is -2.39. The summed E-state index contributed by atoms with van der Waals surface area (Å²) in [5.74, 6) is -0.408. The smallest absolute Gasteiger partial charge is 0.438 e. The van der Waals surface area contributed by atoms with Gasteiger partial charge in [0.05, 0.1) is 25.7 Å². The maximum atomic E-state index is 13.6. The molecule has 1 aliphatic heterocycles. The SMILES string of the molecule is COc1ccc(CC(=O)N2N=C(c3cccc(Br)c3)C[C@]2(O)C(F)(F)F)cc1. The van der Waals surface area contributed by atoms with Gasteiger partial charge in [-0.1, -0.05) is 40.2 Å². The fourth-order valence-electron chi connectivity index (χ4n) is 2.85. The minimum Gasteiger partial charge on any atom is -0.497 e. The van der Waals surface area contributed by atoms with E-state index in [1.54, 1.807) is 48.5 Å². The number of aliphatic hydroxyl groups is 1. The number of rotatable bonds is 4. The predicted molar refractivity (Wildman–Crippen MR) is 99.8 cm³/mol. The minimum atomic E-state index is -5.07. The van der Waals surface area contributed by atoms with Gasteiger partial charge in [-0.15, -0.1) is 0 Å². The number of ether oxygens (including phenoxy) is 1. The Balaban J connectivity index is 1.92. The zero-order valence-corrected chi connectivity index (χ0v) is 16.3. The number of hydrazone groups is 1. The molecule has 2 aromatic carbocycles. The summed E-state index contributed by atoms with van der Waals surface area (Å²) in [4.78, 5) is 12.6. The van der Waals surface area contributed by atoms with Gasteiger partial charge in [-0.05, 0) is 35.4 Å². The van der Waals surface area contributed by atoms with E-state index < -0.39 is 24.2 Å². The Kier molecular flexibility index (Phi) is 5.49. The standard InChI is InChI=1S/C19H16BrF3N2O3/c1-28-15-7-5-12(6-8-15)9-17(26)25-18(27,19(21,22)23)11-16(24-25)13-3-2-4-14(20)10-13/h2-8,10,27H,9,11H2,1H3/t18-/m0/s1. The molecule has 9 heteroatoms. The Bertz CT molecular complexity index is 915. The molecule has 0 aromatic heterocycles. The van der Waals surface area contributed by atoms with E-state index >= 15 is 0 Å². The van der Waals surface area contributed by atoms with Crippen molar-refractivity contribution in [3.05, 3.63) is 64.1 Å². The summed E-state index contributed by atoms with van der Waals surface area (Å²) in [6.07, 6.45) is -6.27. The molecule has 1 aliphatic rings. The van der Waals surface area contributed by atoms with Gasteiger partial charge in [0.2, 0.25) is 5.91 Å². The monoisotopic (exact) mass is 456 g/mol. The molecule has 1 atom stereocenters. The highest BCUT2D eigenvalue weighted by Crippen LogP contribution is 2.41. The molecule has 0 fully saturated rings. The van der Waals surface area contributed by atoms with Gasteiger partial charge in [-0.3, -0.25) is 4.79 Å². The van der Waals surface area contributed by atoms with Crippen molar-refractivity contribution < 1.29 is 27.8 Å². The number of nitrogens with zero attached hydrogens (tertiary/aromatic N) is 2. The lowest BCUT2D eigenvalue weighted by Gasteiger charge is -2.32. The molecule has 148 valence electrons. The van der Waals surface area contributed by atoms with Crippen LogP contribution in [0.25, 0.3) is 0 Å². The Morgan fingerprint density at radius 1 is 1.29 bits per heavy atom. The van der Waals surface area contributed by atoms with E-state index in [4.69, 9.17) is 4.74 Å². The average molecular weight is 457 g/mol. The van der Waals surface area contributed by atoms with E-state index in [1.807, 2.05) is 0 Å². The van der Waals surface area contributed by atoms with Crippen LogP contribution < -0.4 is 4.74 Å². The number of benzene rings is 2. The number of methoxy groups -OCH3 is 1. The van der Waals surface area contributed by atoms with Crippen molar-refractivity contribution >= 4 is 27.5 Å². The van der Waals surface area contributed by atoms with Gasteiger partial charge in [0.25, 0.3) is 5.72 Å². The summed E-state index contributed by atoms with van der Waals surface area (Å²) in [7, 11) is 1.48. The molecular formula is C19H16BrF3N2O3. The Morgan fingerprint density at radius 2 is 1.96 bits per heavy atom. The Morgan fingerprint density at radius 3 is 2.54 bits per heavy atom. The van der Waals surface area contributed by atoms with Crippen LogP contribution in [0.1, 0.15) is 17.5 Å². The second-order valence-electron chi connectivity index (χ2n) is 6.28.